The van der Waals surface area contributed by atoms with E-state index in [9.17, 15) is 9.59 Å². The molecule has 0 aliphatic carbocycles. The quantitative estimate of drug-likeness (QED) is 0.403. The first-order chi connectivity index (χ1) is 17.6. The van der Waals surface area contributed by atoms with Crippen LogP contribution in [0.25, 0.3) is 10.9 Å². The molecule has 0 bridgehead atoms. The molecule has 190 valence electrons. The van der Waals surface area contributed by atoms with Crippen LogP contribution in [0.4, 0.5) is 0 Å². The van der Waals surface area contributed by atoms with Gasteiger partial charge in [0.25, 0.3) is 0 Å². The van der Waals surface area contributed by atoms with Crippen LogP contribution in [-0.4, -0.2) is 58.6 Å². The minimum atomic E-state index is -0.567. The Morgan fingerprint density at radius 2 is 1.94 bits per heavy atom. The highest BCUT2D eigenvalue weighted by molar-refractivity contribution is 8.00. The van der Waals surface area contributed by atoms with Gasteiger partial charge in [-0.15, -0.1) is 11.8 Å². The van der Waals surface area contributed by atoms with Gasteiger partial charge in [-0.05, 0) is 61.6 Å². The number of ether oxygens (including phenoxy) is 2. The summed E-state index contributed by atoms with van der Waals surface area (Å²) in [5.74, 6) is 1.96. The minimum Gasteiger partial charge on any atom is -0.454 e. The second-order valence-corrected chi connectivity index (χ2v) is 10.5. The zero-order valence-corrected chi connectivity index (χ0v) is 21.0. The van der Waals surface area contributed by atoms with Crippen LogP contribution in [0.1, 0.15) is 30.4 Å². The van der Waals surface area contributed by atoms with Gasteiger partial charge in [0, 0.05) is 35.9 Å². The molecule has 0 spiro atoms. The number of aromatic nitrogens is 1. The molecule has 3 heterocycles. The van der Waals surface area contributed by atoms with Crippen LogP contribution in [0, 0.1) is 0 Å². The molecule has 9 heteroatoms. The normalized spacial score (nSPS) is 20.2. The molecular weight excluding hydrogens is 476 g/mol. The van der Waals surface area contributed by atoms with Crippen molar-refractivity contribution in [1.29, 1.82) is 0 Å². The third-order valence-corrected chi connectivity index (χ3v) is 7.94. The molecular formula is C27H32N4O4S. The highest BCUT2D eigenvalue weighted by Gasteiger charge is 2.32. The number of para-hydroxylation sites is 1. The van der Waals surface area contributed by atoms with E-state index >= 15 is 0 Å². The number of fused-ring (bicyclic) bond motifs is 2. The van der Waals surface area contributed by atoms with Crippen LogP contribution in [-0.2, 0) is 22.6 Å². The number of rotatable bonds is 8. The molecule has 1 fully saturated rings. The van der Waals surface area contributed by atoms with Crippen molar-refractivity contribution in [2.75, 3.05) is 25.6 Å². The number of thioether (sulfide) groups is 1. The molecule has 1 saturated heterocycles. The molecule has 8 nitrogen and oxygen atoms in total. The molecule has 2 aliphatic rings. The molecule has 0 saturated carbocycles. The van der Waals surface area contributed by atoms with Gasteiger partial charge in [0.05, 0.1) is 5.25 Å². The maximum Gasteiger partial charge on any atom is 0.245 e. The monoisotopic (exact) mass is 508 g/mol. The Morgan fingerprint density at radius 3 is 2.83 bits per heavy atom. The largest absolute Gasteiger partial charge is 0.454 e. The highest BCUT2D eigenvalue weighted by atomic mass is 32.2. The summed E-state index contributed by atoms with van der Waals surface area (Å²) < 4.78 is 10.9. The molecule has 0 unspecified atom stereocenters. The van der Waals surface area contributed by atoms with Crippen molar-refractivity contribution in [2.45, 2.75) is 43.5 Å². The molecule has 5 rings (SSSR count). The number of aromatic amines is 1. The Bertz CT molecular complexity index is 1230. The number of amides is 2. The van der Waals surface area contributed by atoms with Gasteiger partial charge in [0.1, 0.15) is 6.04 Å². The predicted molar refractivity (Wildman–Crippen MR) is 141 cm³/mol. The summed E-state index contributed by atoms with van der Waals surface area (Å²) in [6, 6.07) is 13.3. The van der Waals surface area contributed by atoms with E-state index in [1.165, 1.54) is 0 Å². The second-order valence-electron chi connectivity index (χ2n) is 9.22. The van der Waals surface area contributed by atoms with Crippen LogP contribution in [0.3, 0.4) is 0 Å². The number of unbranched alkanes of at least 4 members (excludes halogenated alkanes) is 1. The second kappa shape index (κ2) is 11.3. The first-order valence-electron chi connectivity index (χ1n) is 12.5. The van der Waals surface area contributed by atoms with Crippen molar-refractivity contribution in [3.63, 3.8) is 0 Å². The summed E-state index contributed by atoms with van der Waals surface area (Å²) in [5.41, 5.74) is 8.84. The van der Waals surface area contributed by atoms with E-state index in [4.69, 9.17) is 15.2 Å². The number of carbonyl (C=O) groups is 2. The van der Waals surface area contributed by atoms with E-state index < -0.39 is 6.04 Å². The number of H-pyrrole nitrogens is 1. The molecule has 3 aromatic rings. The Balaban J connectivity index is 1.34. The van der Waals surface area contributed by atoms with E-state index in [0.29, 0.717) is 44.0 Å². The first kappa shape index (κ1) is 24.5. The fraction of sp³-hybridized carbons (Fsp3) is 0.407. The fourth-order valence-electron chi connectivity index (χ4n) is 4.79. The fourth-order valence-corrected chi connectivity index (χ4v) is 5.92. The molecule has 2 atom stereocenters. The Labute approximate surface area is 214 Å². The zero-order valence-electron chi connectivity index (χ0n) is 20.2. The standard InChI is InChI=1S/C27H32N4O4S/c28-10-4-3-7-22-27(33)31(16-18-8-9-23-24(13-18)35-17-34-23)11-12-36-25(26(32)30-22)14-19-15-29-21-6-2-1-5-20(19)21/h1-2,5-6,8-9,13,15,22,25,29H,3-4,7,10-12,14,16-17,28H2,(H,30,32)/t22-,25-/m1/s1. The number of hydrogen-bond donors (Lipinski definition) is 3. The van der Waals surface area contributed by atoms with Crippen LogP contribution in [0.5, 0.6) is 11.5 Å². The van der Waals surface area contributed by atoms with Crippen LogP contribution < -0.4 is 20.5 Å². The minimum absolute atomic E-state index is 0.0496. The van der Waals surface area contributed by atoms with E-state index in [1.54, 1.807) is 11.8 Å². The molecule has 2 aliphatic heterocycles. The molecule has 2 amide bonds. The summed E-state index contributed by atoms with van der Waals surface area (Å²) in [6.07, 6.45) is 4.76. The van der Waals surface area contributed by atoms with Crippen molar-refractivity contribution in [1.82, 2.24) is 15.2 Å². The Hall–Kier alpha value is -3.17. The Morgan fingerprint density at radius 1 is 1.08 bits per heavy atom. The van der Waals surface area contributed by atoms with E-state index in [-0.39, 0.29) is 23.9 Å². The molecule has 0 radical (unpaired) electrons. The number of carbonyl (C=O) groups excluding carboxylic acids is 2. The summed E-state index contributed by atoms with van der Waals surface area (Å²) in [7, 11) is 0. The molecule has 1 aromatic heterocycles. The SMILES string of the molecule is NCCCC[C@H]1NC(=O)[C@@H](Cc2c[nH]c3ccccc23)SCCN(Cc2ccc3c(c2)OCO3)C1=O. The molecule has 2 aromatic carbocycles. The molecule has 4 N–H and O–H groups in total. The summed E-state index contributed by atoms with van der Waals surface area (Å²) >= 11 is 1.61. The number of nitrogens with two attached hydrogens (primary N) is 1. The van der Waals surface area contributed by atoms with Gasteiger partial charge >= 0.3 is 0 Å². The van der Waals surface area contributed by atoms with E-state index in [0.717, 1.165) is 40.6 Å². The van der Waals surface area contributed by atoms with Gasteiger partial charge in [-0.25, -0.2) is 0 Å². The van der Waals surface area contributed by atoms with Gasteiger partial charge in [-0.3, -0.25) is 9.59 Å². The van der Waals surface area contributed by atoms with Crippen LogP contribution >= 0.6 is 11.8 Å². The van der Waals surface area contributed by atoms with E-state index in [1.807, 2.05) is 47.5 Å². The van der Waals surface area contributed by atoms with Gasteiger partial charge in [-0.2, -0.15) is 0 Å². The summed E-state index contributed by atoms with van der Waals surface area (Å²) in [4.78, 5) is 32.2. The molecule has 36 heavy (non-hydrogen) atoms. The lowest BCUT2D eigenvalue weighted by Crippen LogP contribution is -2.49. The zero-order chi connectivity index (χ0) is 24.9. The van der Waals surface area contributed by atoms with Crippen molar-refractivity contribution in [3.05, 3.63) is 59.8 Å². The van der Waals surface area contributed by atoms with Gasteiger partial charge in [0.15, 0.2) is 11.5 Å². The third-order valence-electron chi connectivity index (χ3n) is 6.74. The summed E-state index contributed by atoms with van der Waals surface area (Å²) in [5, 5.41) is 3.94. The van der Waals surface area contributed by atoms with Gasteiger partial charge in [0.2, 0.25) is 18.6 Å². The van der Waals surface area contributed by atoms with Crippen molar-refractivity contribution in [3.8, 4) is 11.5 Å². The number of nitrogens with one attached hydrogen (secondary N) is 2. The van der Waals surface area contributed by atoms with Gasteiger partial charge < -0.3 is 30.4 Å². The highest BCUT2D eigenvalue weighted by Crippen LogP contribution is 2.33. The first-order valence-corrected chi connectivity index (χ1v) is 13.5. The Kier molecular flexibility index (Phi) is 7.67. The predicted octanol–water partition coefficient (Wildman–Crippen LogP) is 3.20. The van der Waals surface area contributed by atoms with Crippen molar-refractivity contribution in [2.24, 2.45) is 5.73 Å². The third kappa shape index (κ3) is 5.47. The lowest BCUT2D eigenvalue weighted by atomic mass is 10.1. The van der Waals surface area contributed by atoms with Gasteiger partial charge in [-0.1, -0.05) is 24.3 Å². The van der Waals surface area contributed by atoms with Crippen LogP contribution in [0.2, 0.25) is 0 Å². The van der Waals surface area contributed by atoms with E-state index in [2.05, 4.69) is 16.4 Å². The maximum absolute atomic E-state index is 13.6. The smallest absolute Gasteiger partial charge is 0.245 e. The lowest BCUT2D eigenvalue weighted by Gasteiger charge is -2.27. The maximum atomic E-state index is 13.6. The summed E-state index contributed by atoms with van der Waals surface area (Å²) in [6.45, 7) is 1.79. The number of hydrogen-bond acceptors (Lipinski definition) is 6. The average molecular weight is 509 g/mol. The van der Waals surface area contributed by atoms with Crippen molar-refractivity contribution >= 4 is 34.5 Å². The van der Waals surface area contributed by atoms with Crippen molar-refractivity contribution < 1.29 is 19.1 Å². The topological polar surface area (TPSA) is 110 Å². The lowest BCUT2D eigenvalue weighted by molar-refractivity contribution is -0.136. The van der Waals surface area contributed by atoms with Crippen LogP contribution in [0.15, 0.2) is 48.7 Å². The average Bonchev–Trinajstić information content (AvgIpc) is 3.53. The number of benzene rings is 2. The number of nitrogens with zero attached hydrogens (tertiary/aromatic N) is 1.